The Labute approximate surface area is 109 Å². The summed E-state index contributed by atoms with van der Waals surface area (Å²) in [7, 11) is 0. The first kappa shape index (κ1) is 13.4. The topological polar surface area (TPSA) is 0 Å². The Morgan fingerprint density at radius 2 is 1.24 bits per heavy atom. The van der Waals surface area contributed by atoms with Gasteiger partial charge >= 0.3 is 0 Å². The zero-order valence-electron chi connectivity index (χ0n) is 12.5. The minimum Gasteiger partial charge on any atom is -0.0651 e. The lowest BCUT2D eigenvalue weighted by Crippen LogP contribution is -2.30. The van der Waals surface area contributed by atoms with Crippen LogP contribution in [0.1, 0.15) is 79.1 Å². The minimum absolute atomic E-state index is 0.626. The van der Waals surface area contributed by atoms with Crippen molar-refractivity contribution in [1.82, 2.24) is 0 Å². The van der Waals surface area contributed by atoms with Crippen molar-refractivity contribution in [1.29, 1.82) is 0 Å². The molecule has 4 atom stereocenters. The predicted molar refractivity (Wildman–Crippen MR) is 76.0 cm³/mol. The molecule has 0 aromatic rings. The minimum atomic E-state index is 0.626. The van der Waals surface area contributed by atoms with E-state index in [0.29, 0.717) is 5.41 Å². The second-order valence-corrected chi connectivity index (χ2v) is 7.57. The van der Waals surface area contributed by atoms with E-state index in [9.17, 15) is 0 Å². The second-order valence-electron chi connectivity index (χ2n) is 7.57. The van der Waals surface area contributed by atoms with Gasteiger partial charge in [-0.1, -0.05) is 40.5 Å². The molecule has 0 aliphatic heterocycles. The van der Waals surface area contributed by atoms with E-state index in [-0.39, 0.29) is 0 Å². The molecule has 0 nitrogen and oxygen atoms in total. The van der Waals surface area contributed by atoms with Gasteiger partial charge in [-0.3, -0.25) is 0 Å². The van der Waals surface area contributed by atoms with Crippen LogP contribution in [0.25, 0.3) is 0 Å². The van der Waals surface area contributed by atoms with Crippen molar-refractivity contribution in [2.24, 2.45) is 29.1 Å². The Balaban J connectivity index is 2.03. The van der Waals surface area contributed by atoms with Crippen LogP contribution in [0, 0.1) is 29.1 Å². The average Bonchev–Trinajstić information content (AvgIpc) is 2.47. The molecule has 0 N–H and O–H groups in total. The fourth-order valence-electron chi connectivity index (χ4n) is 4.53. The number of hydrogen-bond donors (Lipinski definition) is 0. The first-order chi connectivity index (χ1) is 8.05. The molecule has 0 bridgehead atoms. The summed E-state index contributed by atoms with van der Waals surface area (Å²) in [5.41, 5.74) is 0.626. The average molecular weight is 236 g/mol. The highest BCUT2D eigenvalue weighted by molar-refractivity contribution is 4.89. The highest BCUT2D eigenvalue weighted by Crippen LogP contribution is 2.49. The molecule has 2 fully saturated rings. The first-order valence-electron chi connectivity index (χ1n) is 8.05. The van der Waals surface area contributed by atoms with E-state index in [1.54, 1.807) is 12.8 Å². The highest BCUT2D eigenvalue weighted by Gasteiger charge is 2.38. The Hall–Kier alpha value is 0. The smallest absolute Gasteiger partial charge is 0.0354 e. The van der Waals surface area contributed by atoms with Gasteiger partial charge in [0.1, 0.15) is 0 Å². The predicted octanol–water partition coefficient (Wildman–Crippen LogP) is 5.67. The lowest BCUT2D eigenvalue weighted by molar-refractivity contribution is 0.0998. The zero-order chi connectivity index (χ0) is 12.5. The van der Waals surface area contributed by atoms with Crippen LogP contribution in [0.5, 0.6) is 0 Å². The van der Waals surface area contributed by atoms with E-state index >= 15 is 0 Å². The third kappa shape index (κ3) is 3.06. The van der Waals surface area contributed by atoms with Gasteiger partial charge in [0.2, 0.25) is 0 Å². The SMILES string of the molecule is CCC1CC2CCC(C)(C)CCC2CC1CC. The Bertz CT molecular complexity index is 216. The van der Waals surface area contributed by atoms with Gasteiger partial charge in [0.25, 0.3) is 0 Å². The van der Waals surface area contributed by atoms with Crippen LogP contribution in [0.15, 0.2) is 0 Å². The van der Waals surface area contributed by atoms with E-state index in [0.717, 1.165) is 23.7 Å². The maximum Gasteiger partial charge on any atom is -0.0354 e. The van der Waals surface area contributed by atoms with Crippen molar-refractivity contribution < 1.29 is 0 Å². The van der Waals surface area contributed by atoms with Crippen molar-refractivity contribution >= 4 is 0 Å². The van der Waals surface area contributed by atoms with Crippen LogP contribution in [0.3, 0.4) is 0 Å². The summed E-state index contributed by atoms with van der Waals surface area (Å²) in [4.78, 5) is 0. The number of hydrogen-bond acceptors (Lipinski definition) is 0. The molecule has 2 rings (SSSR count). The third-order valence-corrected chi connectivity index (χ3v) is 5.98. The fraction of sp³-hybridized carbons (Fsp3) is 1.00. The first-order valence-corrected chi connectivity index (χ1v) is 8.05. The van der Waals surface area contributed by atoms with E-state index < -0.39 is 0 Å². The molecule has 0 aromatic carbocycles. The van der Waals surface area contributed by atoms with Gasteiger partial charge in [-0.2, -0.15) is 0 Å². The maximum atomic E-state index is 2.49. The van der Waals surface area contributed by atoms with Gasteiger partial charge in [0, 0.05) is 0 Å². The molecule has 0 aromatic heterocycles. The maximum absolute atomic E-state index is 2.49. The van der Waals surface area contributed by atoms with Crippen molar-refractivity contribution in [2.45, 2.75) is 79.1 Å². The van der Waals surface area contributed by atoms with Gasteiger partial charge in [-0.05, 0) is 67.6 Å². The molecular weight excluding hydrogens is 204 g/mol. The molecule has 0 heteroatoms. The summed E-state index contributed by atoms with van der Waals surface area (Å²) in [6.45, 7) is 9.79. The van der Waals surface area contributed by atoms with Crippen molar-refractivity contribution in [3.05, 3.63) is 0 Å². The summed E-state index contributed by atoms with van der Waals surface area (Å²) in [6, 6.07) is 0. The molecular formula is C17H32. The number of fused-ring (bicyclic) bond motifs is 1. The zero-order valence-corrected chi connectivity index (χ0v) is 12.5. The molecule has 17 heavy (non-hydrogen) atoms. The summed E-state index contributed by atoms with van der Waals surface area (Å²) < 4.78 is 0. The lowest BCUT2D eigenvalue weighted by atomic mass is 9.65. The fourth-order valence-corrected chi connectivity index (χ4v) is 4.53. The molecule has 0 radical (unpaired) electrons. The van der Waals surface area contributed by atoms with Crippen LogP contribution in [0.4, 0.5) is 0 Å². The van der Waals surface area contributed by atoms with Crippen LogP contribution in [0.2, 0.25) is 0 Å². The van der Waals surface area contributed by atoms with E-state index in [1.165, 1.54) is 38.5 Å². The quantitative estimate of drug-likeness (QED) is 0.580. The van der Waals surface area contributed by atoms with Crippen molar-refractivity contribution in [2.75, 3.05) is 0 Å². The molecule has 100 valence electrons. The van der Waals surface area contributed by atoms with E-state index in [1.807, 2.05) is 0 Å². The monoisotopic (exact) mass is 236 g/mol. The molecule has 4 unspecified atom stereocenters. The van der Waals surface area contributed by atoms with Gasteiger partial charge in [0.15, 0.2) is 0 Å². The summed E-state index contributed by atoms with van der Waals surface area (Å²) in [5, 5.41) is 0. The molecule has 0 spiro atoms. The third-order valence-electron chi connectivity index (χ3n) is 5.98. The van der Waals surface area contributed by atoms with Gasteiger partial charge in [-0.25, -0.2) is 0 Å². The summed E-state index contributed by atoms with van der Waals surface area (Å²) in [5.74, 6) is 4.24. The normalized spacial score (nSPS) is 41.6. The second kappa shape index (κ2) is 5.33. The van der Waals surface area contributed by atoms with Crippen LogP contribution < -0.4 is 0 Å². The Kier molecular flexibility index (Phi) is 4.21. The van der Waals surface area contributed by atoms with Crippen LogP contribution in [-0.2, 0) is 0 Å². The molecule has 0 heterocycles. The van der Waals surface area contributed by atoms with Gasteiger partial charge < -0.3 is 0 Å². The van der Waals surface area contributed by atoms with E-state index in [4.69, 9.17) is 0 Å². The molecule has 2 aliphatic rings. The largest absolute Gasteiger partial charge is 0.0651 e. The summed E-state index contributed by atoms with van der Waals surface area (Å²) >= 11 is 0. The number of rotatable bonds is 2. The summed E-state index contributed by atoms with van der Waals surface area (Å²) in [6.07, 6.45) is 11.9. The molecule has 2 aliphatic carbocycles. The van der Waals surface area contributed by atoms with Crippen molar-refractivity contribution in [3.63, 3.8) is 0 Å². The lowest BCUT2D eigenvalue weighted by Gasteiger charge is -2.40. The molecule has 2 saturated carbocycles. The van der Waals surface area contributed by atoms with Crippen LogP contribution in [-0.4, -0.2) is 0 Å². The van der Waals surface area contributed by atoms with Gasteiger partial charge in [0.05, 0.1) is 0 Å². The Morgan fingerprint density at radius 1 is 0.824 bits per heavy atom. The molecule has 0 saturated heterocycles. The van der Waals surface area contributed by atoms with Gasteiger partial charge in [-0.15, -0.1) is 0 Å². The van der Waals surface area contributed by atoms with Crippen molar-refractivity contribution in [3.8, 4) is 0 Å². The van der Waals surface area contributed by atoms with Crippen LogP contribution >= 0.6 is 0 Å². The standard InChI is InChI=1S/C17H32/c1-5-13-11-15-7-9-17(3,4)10-8-16(15)12-14(13)6-2/h13-16H,5-12H2,1-4H3. The highest BCUT2D eigenvalue weighted by atomic mass is 14.4. The molecule has 0 amide bonds. The Morgan fingerprint density at radius 3 is 1.59 bits per heavy atom. The van der Waals surface area contributed by atoms with E-state index in [2.05, 4.69) is 27.7 Å².